The molecule has 90 valence electrons. The first-order valence-corrected chi connectivity index (χ1v) is 6.72. The number of thiol groups is 1. The average molecular weight is 284 g/mol. The maximum absolute atomic E-state index is 11.0. The molecule has 1 aliphatic heterocycles. The van der Waals surface area contributed by atoms with Gasteiger partial charge in [-0.05, 0) is 25.1 Å². The first-order chi connectivity index (χ1) is 7.43. The number of fused-ring (bicyclic) bond motifs is 1. The van der Waals surface area contributed by atoms with Crippen LogP contribution in [0.1, 0.15) is 6.92 Å². The average Bonchev–Trinajstić information content (AvgIpc) is 2.50. The number of hydrogen-bond donors (Lipinski definition) is 3. The van der Waals surface area contributed by atoms with Gasteiger partial charge in [0.25, 0.3) is 10.1 Å². The van der Waals surface area contributed by atoms with Gasteiger partial charge in [-0.25, -0.2) is 0 Å². The molecule has 0 aliphatic carbocycles. The van der Waals surface area contributed by atoms with Crippen LogP contribution in [0.4, 0.5) is 11.4 Å². The van der Waals surface area contributed by atoms with Crippen LogP contribution >= 0.6 is 12.6 Å². The zero-order chi connectivity index (χ0) is 11.9. The number of hydrogen-bond acceptors (Lipinski definition) is 5. The quantitative estimate of drug-likeness (QED) is 0.425. The zero-order valence-electron chi connectivity index (χ0n) is 8.58. The van der Waals surface area contributed by atoms with E-state index in [1.165, 1.54) is 12.1 Å². The SMILES string of the molecule is CCN1c2ccc(S(=O)(=O)O)cc2NC1S.[NaH]. The molecule has 0 saturated heterocycles. The molecule has 0 spiro atoms. The van der Waals surface area contributed by atoms with E-state index in [-0.39, 0.29) is 40.0 Å². The minimum atomic E-state index is -4.15. The van der Waals surface area contributed by atoms with Crippen LogP contribution in [0, 0.1) is 0 Å². The van der Waals surface area contributed by atoms with Gasteiger partial charge >= 0.3 is 29.6 Å². The maximum atomic E-state index is 11.0. The Morgan fingerprint density at radius 3 is 2.71 bits per heavy atom. The van der Waals surface area contributed by atoms with Crippen LogP contribution in [0.2, 0.25) is 0 Å². The molecule has 1 heterocycles. The van der Waals surface area contributed by atoms with E-state index in [0.717, 1.165) is 12.2 Å². The third kappa shape index (κ3) is 2.91. The standard InChI is InChI=1S/C9H12N2O3S2.Na.H/c1-2-11-8-4-3-6(16(12,13)14)5-7(8)10-9(11)15;;/h3-5,9-10,15H,2H2,1H3,(H,12,13,14);;. The van der Waals surface area contributed by atoms with Crippen molar-refractivity contribution in [3.63, 3.8) is 0 Å². The van der Waals surface area contributed by atoms with Crippen LogP contribution in [-0.4, -0.2) is 54.6 Å². The fourth-order valence-corrected chi connectivity index (χ4v) is 2.67. The van der Waals surface area contributed by atoms with Gasteiger partial charge in [0.2, 0.25) is 0 Å². The Hall–Kier alpha value is 0.0800. The Labute approximate surface area is 128 Å². The summed E-state index contributed by atoms with van der Waals surface area (Å²) >= 11 is 4.32. The van der Waals surface area contributed by atoms with E-state index in [2.05, 4.69) is 17.9 Å². The van der Waals surface area contributed by atoms with Crippen molar-refractivity contribution in [1.82, 2.24) is 0 Å². The van der Waals surface area contributed by atoms with Crippen molar-refractivity contribution in [3.8, 4) is 0 Å². The third-order valence-corrected chi connectivity index (χ3v) is 3.75. The Morgan fingerprint density at radius 2 is 2.18 bits per heavy atom. The third-order valence-electron chi connectivity index (χ3n) is 2.50. The minimum absolute atomic E-state index is 0. The number of anilines is 2. The fourth-order valence-electron chi connectivity index (χ4n) is 1.73. The predicted molar refractivity (Wildman–Crippen MR) is 72.8 cm³/mol. The summed E-state index contributed by atoms with van der Waals surface area (Å²) < 4.78 is 30.8. The molecule has 2 rings (SSSR count). The van der Waals surface area contributed by atoms with E-state index in [1.54, 1.807) is 6.07 Å². The van der Waals surface area contributed by atoms with Crippen LogP contribution in [0.3, 0.4) is 0 Å². The van der Waals surface area contributed by atoms with Gasteiger partial charge in [0.05, 0.1) is 16.3 Å². The van der Waals surface area contributed by atoms with Crippen LogP contribution in [0.15, 0.2) is 23.1 Å². The molecule has 0 fully saturated rings. The van der Waals surface area contributed by atoms with Crippen molar-refractivity contribution in [1.29, 1.82) is 0 Å². The van der Waals surface area contributed by atoms with Gasteiger partial charge in [0.15, 0.2) is 0 Å². The van der Waals surface area contributed by atoms with Gasteiger partial charge in [0, 0.05) is 6.54 Å². The molecular formula is C9H13N2NaO3S2. The molecule has 0 saturated carbocycles. The van der Waals surface area contributed by atoms with Crippen LogP contribution in [-0.2, 0) is 10.1 Å². The molecule has 0 aromatic heterocycles. The van der Waals surface area contributed by atoms with E-state index in [9.17, 15) is 8.42 Å². The Bertz CT molecular complexity index is 521. The van der Waals surface area contributed by atoms with Crippen molar-refractivity contribution in [2.75, 3.05) is 16.8 Å². The predicted octanol–water partition coefficient (Wildman–Crippen LogP) is 0.750. The molecule has 0 bridgehead atoms. The van der Waals surface area contributed by atoms with Crippen molar-refractivity contribution in [2.24, 2.45) is 0 Å². The monoisotopic (exact) mass is 284 g/mol. The van der Waals surface area contributed by atoms with Gasteiger partial charge in [-0.1, -0.05) is 0 Å². The molecular weight excluding hydrogens is 271 g/mol. The summed E-state index contributed by atoms with van der Waals surface area (Å²) in [4.78, 5) is 1.86. The van der Waals surface area contributed by atoms with E-state index in [1.807, 2.05) is 11.8 Å². The molecule has 1 aromatic rings. The van der Waals surface area contributed by atoms with Crippen LogP contribution in [0.5, 0.6) is 0 Å². The molecule has 0 amide bonds. The second kappa shape index (κ2) is 5.38. The van der Waals surface area contributed by atoms with Crippen molar-refractivity contribution in [3.05, 3.63) is 18.2 Å². The number of nitrogens with zero attached hydrogens (tertiary/aromatic N) is 1. The summed E-state index contributed by atoms with van der Waals surface area (Å²) in [6.07, 6.45) is 0. The van der Waals surface area contributed by atoms with Gasteiger partial charge in [0.1, 0.15) is 5.50 Å². The topological polar surface area (TPSA) is 69.6 Å². The fraction of sp³-hybridized carbons (Fsp3) is 0.333. The summed E-state index contributed by atoms with van der Waals surface area (Å²) in [5.74, 6) is 0. The number of benzene rings is 1. The summed E-state index contributed by atoms with van der Waals surface area (Å²) in [6, 6.07) is 4.44. The summed E-state index contributed by atoms with van der Waals surface area (Å²) in [5.41, 5.74) is 1.38. The molecule has 1 aliphatic rings. The zero-order valence-corrected chi connectivity index (χ0v) is 10.3. The van der Waals surface area contributed by atoms with Crippen molar-refractivity contribution >= 4 is 63.7 Å². The molecule has 1 aromatic carbocycles. The normalized spacial score (nSPS) is 18.3. The number of rotatable bonds is 2. The molecule has 2 N–H and O–H groups in total. The van der Waals surface area contributed by atoms with E-state index in [4.69, 9.17) is 4.55 Å². The second-order valence-corrected chi connectivity index (χ2v) is 5.37. The van der Waals surface area contributed by atoms with E-state index >= 15 is 0 Å². The summed E-state index contributed by atoms with van der Waals surface area (Å²) in [6.45, 7) is 2.75. The Balaban J connectivity index is 0.00000144. The first kappa shape index (κ1) is 15.1. The first-order valence-electron chi connectivity index (χ1n) is 4.76. The van der Waals surface area contributed by atoms with Crippen molar-refractivity contribution in [2.45, 2.75) is 17.3 Å². The van der Waals surface area contributed by atoms with E-state index < -0.39 is 10.1 Å². The molecule has 1 atom stereocenters. The molecule has 1 unspecified atom stereocenters. The Kier molecular flexibility index (Phi) is 4.79. The molecule has 5 nitrogen and oxygen atoms in total. The summed E-state index contributed by atoms with van der Waals surface area (Å²) in [7, 11) is -4.15. The Morgan fingerprint density at radius 1 is 1.53 bits per heavy atom. The summed E-state index contributed by atoms with van der Waals surface area (Å²) in [5, 5.41) is 3.03. The molecule has 17 heavy (non-hydrogen) atoms. The molecule has 8 heteroatoms. The number of nitrogens with one attached hydrogen (secondary N) is 1. The van der Waals surface area contributed by atoms with E-state index in [0.29, 0.717) is 5.69 Å². The van der Waals surface area contributed by atoms with Gasteiger partial charge in [-0.15, -0.1) is 12.6 Å². The van der Waals surface area contributed by atoms with Gasteiger partial charge in [-0.2, -0.15) is 8.42 Å². The van der Waals surface area contributed by atoms with Gasteiger partial charge in [-0.3, -0.25) is 4.55 Å². The second-order valence-electron chi connectivity index (χ2n) is 3.46. The van der Waals surface area contributed by atoms with Crippen LogP contribution < -0.4 is 10.2 Å². The van der Waals surface area contributed by atoms with Gasteiger partial charge < -0.3 is 10.2 Å². The van der Waals surface area contributed by atoms with Crippen molar-refractivity contribution < 1.29 is 13.0 Å². The molecule has 0 radical (unpaired) electrons. The van der Waals surface area contributed by atoms with Crippen LogP contribution in [0.25, 0.3) is 0 Å².